The number of rotatable bonds is 12. The number of carbonyl (C=O) groups is 1. The average Bonchev–Trinajstić information content (AvgIpc) is 3.76. The standard InChI is InChI=1S/C29H33F3N8O2S2/c1-4-42-27(41)25-26(29(30,31)32)33-28(44-25)39-37-22-10-7-19(15-18(22)3)34-36-21-9-8-20(16-17(21)2)35-38-23-11-12-24(43-23)40-13-5-6-14-40/h7-12,15-16,34-38H,4-6,13-14H2,1-3H3,(H,33,39)/p+2. The van der Waals surface area contributed by atoms with E-state index < -0.39 is 22.7 Å². The number of alkyl halides is 3. The van der Waals surface area contributed by atoms with Crippen molar-refractivity contribution in [3.63, 3.8) is 0 Å². The summed E-state index contributed by atoms with van der Waals surface area (Å²) in [6, 6.07) is 16.1. The third-order valence-electron chi connectivity index (χ3n) is 6.96. The highest BCUT2D eigenvalue weighted by Crippen LogP contribution is 2.37. The van der Waals surface area contributed by atoms with Gasteiger partial charge in [-0.2, -0.15) is 13.2 Å². The van der Waals surface area contributed by atoms with Crippen molar-refractivity contribution in [1.29, 1.82) is 0 Å². The van der Waals surface area contributed by atoms with E-state index in [1.165, 1.54) is 29.8 Å². The topological polar surface area (TPSA) is 124 Å². The van der Waals surface area contributed by atoms with E-state index in [4.69, 9.17) is 4.74 Å². The van der Waals surface area contributed by atoms with E-state index >= 15 is 0 Å². The molecule has 10 nitrogen and oxygen atoms in total. The first kappa shape index (κ1) is 31.4. The van der Waals surface area contributed by atoms with E-state index in [-0.39, 0.29) is 11.7 Å². The number of nitrogen functional groups attached to an aromatic ring is 2. The maximum Gasteiger partial charge on any atom is 0.435 e. The van der Waals surface area contributed by atoms with Gasteiger partial charge in [-0.15, -0.1) is 0 Å². The van der Waals surface area contributed by atoms with Crippen LogP contribution in [0.15, 0.2) is 48.5 Å². The number of hydrogen-bond acceptors (Lipinski definition) is 10. The number of halogens is 3. The van der Waals surface area contributed by atoms with E-state index in [1.807, 2.05) is 42.0 Å². The van der Waals surface area contributed by atoms with Crippen LogP contribution in [-0.4, -0.2) is 30.6 Å². The molecular formula is C29H35F3N8O2S2+2. The summed E-state index contributed by atoms with van der Waals surface area (Å²) in [4.78, 5) is 17.4. The fourth-order valence-electron chi connectivity index (χ4n) is 4.69. The number of nitrogens with two attached hydrogens (primary N) is 2. The molecule has 0 unspecified atom stereocenters. The fraction of sp³-hybridized carbons (Fsp3) is 0.310. The van der Waals surface area contributed by atoms with Crippen LogP contribution in [0.2, 0.25) is 0 Å². The van der Waals surface area contributed by atoms with Crippen LogP contribution >= 0.6 is 22.7 Å². The summed E-state index contributed by atoms with van der Waals surface area (Å²) in [5, 5.41) is 2.40. The van der Waals surface area contributed by atoms with Crippen LogP contribution in [-0.2, 0) is 10.9 Å². The molecule has 0 amide bonds. The lowest BCUT2D eigenvalue weighted by atomic mass is 10.2. The number of aromatic nitrogens is 1. The zero-order valence-corrected chi connectivity index (χ0v) is 26.1. The molecule has 234 valence electrons. The first-order valence-electron chi connectivity index (χ1n) is 14.1. The SMILES string of the molecule is CCOC(=O)c1sc(NNc2ccc(N[NH2+]c3ccc(N[NH2+]c4ccc(N5CCCC5)s4)cc3C)cc2C)nc1C(F)(F)F. The van der Waals surface area contributed by atoms with Crippen molar-refractivity contribution in [1.82, 2.24) is 4.98 Å². The van der Waals surface area contributed by atoms with Gasteiger partial charge in [0.05, 0.1) is 28.7 Å². The van der Waals surface area contributed by atoms with Gasteiger partial charge in [-0.05, 0) is 75.6 Å². The first-order chi connectivity index (χ1) is 21.1. The number of carbonyl (C=O) groups excluding carboxylic acids is 1. The molecule has 4 aromatic rings. The Morgan fingerprint density at radius 3 is 2.34 bits per heavy atom. The number of thiazole rings is 1. The number of benzene rings is 2. The van der Waals surface area contributed by atoms with Crippen molar-refractivity contribution in [2.24, 2.45) is 0 Å². The molecule has 0 radical (unpaired) electrons. The average molecular weight is 649 g/mol. The molecule has 1 aliphatic heterocycles. The lowest BCUT2D eigenvalue weighted by molar-refractivity contribution is -0.539. The van der Waals surface area contributed by atoms with Gasteiger partial charge in [-0.1, -0.05) is 22.7 Å². The quantitative estimate of drug-likeness (QED) is 0.0516. The second-order valence-corrected chi connectivity index (χ2v) is 12.3. The van der Waals surface area contributed by atoms with Crippen molar-refractivity contribution < 1.29 is 33.6 Å². The highest BCUT2D eigenvalue weighted by atomic mass is 32.1. The Morgan fingerprint density at radius 1 is 0.955 bits per heavy atom. The highest BCUT2D eigenvalue weighted by Gasteiger charge is 2.40. The Hall–Kier alpha value is -4.05. The van der Waals surface area contributed by atoms with Crippen LogP contribution in [0, 0.1) is 13.8 Å². The van der Waals surface area contributed by atoms with Crippen molar-refractivity contribution in [2.45, 2.75) is 39.8 Å². The summed E-state index contributed by atoms with van der Waals surface area (Å²) in [5.74, 6) is -1.06. The minimum atomic E-state index is -4.78. The lowest BCUT2D eigenvalue weighted by Crippen LogP contribution is -2.83. The van der Waals surface area contributed by atoms with Gasteiger partial charge in [0.25, 0.3) is 0 Å². The minimum Gasteiger partial charge on any atom is -0.462 e. The molecule has 0 aliphatic carbocycles. The van der Waals surface area contributed by atoms with Gasteiger partial charge in [-0.25, -0.2) is 31.5 Å². The maximum atomic E-state index is 13.4. The van der Waals surface area contributed by atoms with Crippen molar-refractivity contribution in [3.05, 3.63) is 70.2 Å². The molecule has 8 N–H and O–H groups in total. The van der Waals surface area contributed by atoms with Crippen LogP contribution < -0.4 is 37.5 Å². The van der Waals surface area contributed by atoms with Crippen LogP contribution in [0.25, 0.3) is 0 Å². The van der Waals surface area contributed by atoms with Gasteiger partial charge in [0, 0.05) is 30.8 Å². The lowest BCUT2D eigenvalue weighted by Gasteiger charge is -2.13. The van der Waals surface area contributed by atoms with Gasteiger partial charge in [0.15, 0.2) is 11.4 Å². The molecule has 15 heteroatoms. The van der Waals surface area contributed by atoms with E-state index in [0.29, 0.717) is 17.0 Å². The van der Waals surface area contributed by atoms with Crippen LogP contribution in [0.4, 0.5) is 51.1 Å². The summed E-state index contributed by atoms with van der Waals surface area (Å²) in [7, 11) is 0. The van der Waals surface area contributed by atoms with E-state index in [9.17, 15) is 18.0 Å². The normalized spacial score (nSPS) is 13.2. The second-order valence-electron chi connectivity index (χ2n) is 10.2. The Bertz CT molecular complexity index is 1600. The fourth-order valence-corrected chi connectivity index (χ4v) is 6.46. The first-order valence-corrected chi connectivity index (χ1v) is 15.8. The van der Waals surface area contributed by atoms with E-state index in [0.717, 1.165) is 41.3 Å². The molecule has 0 spiro atoms. The van der Waals surface area contributed by atoms with E-state index in [2.05, 4.69) is 56.7 Å². The van der Waals surface area contributed by atoms with E-state index in [1.54, 1.807) is 17.4 Å². The second kappa shape index (κ2) is 13.7. The summed E-state index contributed by atoms with van der Waals surface area (Å²) in [6.07, 6.45) is -2.26. The largest absolute Gasteiger partial charge is 0.462 e. The Morgan fingerprint density at radius 2 is 1.66 bits per heavy atom. The van der Waals surface area contributed by atoms with Gasteiger partial charge >= 0.3 is 12.1 Å². The van der Waals surface area contributed by atoms with Crippen molar-refractivity contribution >= 4 is 66.5 Å². The predicted molar refractivity (Wildman–Crippen MR) is 169 cm³/mol. The number of aryl methyl sites for hydroxylation is 2. The van der Waals surface area contributed by atoms with Crippen molar-refractivity contribution in [3.8, 4) is 0 Å². The third-order valence-corrected chi connectivity index (χ3v) is 9.01. The highest BCUT2D eigenvalue weighted by molar-refractivity contribution is 7.19. The predicted octanol–water partition coefficient (Wildman–Crippen LogP) is 5.50. The van der Waals surface area contributed by atoms with Crippen LogP contribution in [0.3, 0.4) is 0 Å². The third kappa shape index (κ3) is 7.72. The minimum absolute atomic E-state index is 0.0391. The smallest absolute Gasteiger partial charge is 0.435 e. The Balaban J connectivity index is 1.14. The van der Waals surface area contributed by atoms with Gasteiger partial charge < -0.3 is 9.64 Å². The number of quaternary nitrogens is 2. The Labute approximate surface area is 260 Å². The maximum absolute atomic E-state index is 13.4. The molecule has 2 aromatic heterocycles. The monoisotopic (exact) mass is 648 g/mol. The molecular weight excluding hydrogens is 614 g/mol. The van der Waals surface area contributed by atoms with Crippen molar-refractivity contribution in [2.75, 3.05) is 46.3 Å². The number of hydrogen-bond donors (Lipinski definition) is 6. The molecule has 44 heavy (non-hydrogen) atoms. The molecule has 2 aromatic carbocycles. The molecule has 0 atom stereocenters. The zero-order valence-electron chi connectivity index (χ0n) is 24.5. The molecule has 5 rings (SSSR count). The molecule has 1 aliphatic rings. The zero-order chi connectivity index (χ0) is 31.3. The number of thiophene rings is 1. The van der Waals surface area contributed by atoms with Crippen LogP contribution in [0.5, 0.6) is 0 Å². The molecule has 1 saturated heterocycles. The number of anilines is 5. The summed E-state index contributed by atoms with van der Waals surface area (Å²) in [5.41, 5.74) is 20.4. The molecule has 0 saturated carbocycles. The van der Waals surface area contributed by atoms with Crippen LogP contribution in [0.1, 0.15) is 46.3 Å². The Kier molecular flexibility index (Phi) is 9.78. The summed E-state index contributed by atoms with van der Waals surface area (Å²) < 4.78 is 44.9. The number of nitrogens with one attached hydrogen (secondary N) is 4. The number of ether oxygens (including phenoxy) is 1. The van der Waals surface area contributed by atoms with Gasteiger partial charge in [-0.3, -0.25) is 10.9 Å². The number of hydrazine groups is 1. The summed E-state index contributed by atoms with van der Waals surface area (Å²) in [6.45, 7) is 7.68. The number of nitrogens with zero attached hydrogens (tertiary/aromatic N) is 2. The molecule has 3 heterocycles. The van der Waals surface area contributed by atoms with Gasteiger partial charge in [0.1, 0.15) is 4.88 Å². The number of esters is 1. The summed E-state index contributed by atoms with van der Waals surface area (Å²) >= 11 is 2.37. The van der Waals surface area contributed by atoms with Gasteiger partial charge in [0.2, 0.25) is 10.1 Å². The molecule has 0 bridgehead atoms. The molecule has 1 fully saturated rings.